The maximum absolute atomic E-state index is 12.8. The van der Waals surface area contributed by atoms with Crippen LogP contribution in [0.15, 0.2) is 11.4 Å². The van der Waals surface area contributed by atoms with Crippen molar-refractivity contribution in [1.82, 2.24) is 10.2 Å². The summed E-state index contributed by atoms with van der Waals surface area (Å²) in [6.45, 7) is 6.23. The van der Waals surface area contributed by atoms with Gasteiger partial charge in [0.2, 0.25) is 0 Å². The van der Waals surface area contributed by atoms with Crippen LogP contribution in [0.4, 0.5) is 0 Å². The van der Waals surface area contributed by atoms with Crippen LogP contribution >= 0.6 is 11.3 Å². The SMILES string of the molecule is CCc1ccsc1C(=O)N1CCCC2(CCCNC2)C1. The molecule has 20 heavy (non-hydrogen) atoms. The molecule has 3 nitrogen and oxygen atoms in total. The molecule has 1 amide bonds. The second-order valence-electron chi connectivity index (χ2n) is 6.24. The first-order valence-electron chi connectivity index (χ1n) is 7.80. The molecule has 3 heterocycles. The highest BCUT2D eigenvalue weighted by Gasteiger charge is 2.38. The van der Waals surface area contributed by atoms with E-state index >= 15 is 0 Å². The minimum atomic E-state index is 0.265. The first-order valence-corrected chi connectivity index (χ1v) is 8.68. The third-order valence-corrected chi connectivity index (χ3v) is 5.78. The molecular formula is C16H24N2OS. The van der Waals surface area contributed by atoms with E-state index in [0.29, 0.717) is 5.41 Å². The number of carbonyl (C=O) groups excluding carboxylic acids is 1. The van der Waals surface area contributed by atoms with Crippen LogP contribution in [-0.4, -0.2) is 37.0 Å². The van der Waals surface area contributed by atoms with Gasteiger partial charge in [-0.1, -0.05) is 6.92 Å². The summed E-state index contributed by atoms with van der Waals surface area (Å²) in [4.78, 5) is 15.9. The van der Waals surface area contributed by atoms with Gasteiger partial charge in [0.1, 0.15) is 0 Å². The first kappa shape index (κ1) is 14.1. The Morgan fingerprint density at radius 2 is 2.30 bits per heavy atom. The van der Waals surface area contributed by atoms with Gasteiger partial charge in [-0.25, -0.2) is 0 Å². The van der Waals surface area contributed by atoms with Crippen molar-refractivity contribution in [3.8, 4) is 0 Å². The molecule has 2 aliphatic heterocycles. The summed E-state index contributed by atoms with van der Waals surface area (Å²) in [6, 6.07) is 2.10. The molecule has 2 saturated heterocycles. The number of rotatable bonds is 2. The van der Waals surface area contributed by atoms with Crippen LogP contribution in [0.3, 0.4) is 0 Å². The minimum absolute atomic E-state index is 0.265. The number of piperidine rings is 2. The van der Waals surface area contributed by atoms with Gasteiger partial charge in [-0.15, -0.1) is 11.3 Å². The lowest BCUT2D eigenvalue weighted by atomic mass is 9.74. The van der Waals surface area contributed by atoms with Gasteiger partial charge in [-0.2, -0.15) is 0 Å². The van der Waals surface area contributed by atoms with E-state index in [4.69, 9.17) is 0 Å². The summed E-state index contributed by atoms with van der Waals surface area (Å²) in [5.41, 5.74) is 1.55. The summed E-state index contributed by atoms with van der Waals surface area (Å²) < 4.78 is 0. The van der Waals surface area contributed by atoms with E-state index in [1.807, 2.05) is 5.38 Å². The van der Waals surface area contributed by atoms with Gasteiger partial charge in [0.15, 0.2) is 0 Å². The molecule has 0 saturated carbocycles. The Kier molecular flexibility index (Phi) is 4.13. The third-order valence-electron chi connectivity index (χ3n) is 4.83. The molecule has 0 radical (unpaired) electrons. The van der Waals surface area contributed by atoms with Crippen molar-refractivity contribution < 1.29 is 4.79 Å². The maximum atomic E-state index is 12.8. The van der Waals surface area contributed by atoms with Gasteiger partial charge in [0, 0.05) is 25.0 Å². The predicted molar refractivity (Wildman–Crippen MR) is 83.4 cm³/mol. The molecular weight excluding hydrogens is 268 g/mol. The average Bonchev–Trinajstić information content (AvgIpc) is 2.96. The van der Waals surface area contributed by atoms with Crippen molar-refractivity contribution in [3.63, 3.8) is 0 Å². The lowest BCUT2D eigenvalue weighted by Gasteiger charge is -2.45. The molecule has 1 unspecified atom stereocenters. The largest absolute Gasteiger partial charge is 0.337 e. The van der Waals surface area contributed by atoms with Crippen LogP contribution in [-0.2, 0) is 6.42 Å². The van der Waals surface area contributed by atoms with Crippen molar-refractivity contribution in [2.24, 2.45) is 5.41 Å². The standard InChI is InChI=1S/C16H24N2OS/c1-2-13-5-10-20-14(13)15(19)18-9-4-7-16(12-18)6-3-8-17-11-16/h5,10,17H,2-4,6-9,11-12H2,1H3. The van der Waals surface area contributed by atoms with Crippen LogP contribution in [0.5, 0.6) is 0 Å². The van der Waals surface area contributed by atoms with E-state index in [1.165, 1.54) is 24.8 Å². The number of thiophene rings is 1. The van der Waals surface area contributed by atoms with E-state index < -0.39 is 0 Å². The minimum Gasteiger partial charge on any atom is -0.337 e. The Bertz CT molecular complexity index is 471. The summed E-state index contributed by atoms with van der Waals surface area (Å²) in [7, 11) is 0. The summed E-state index contributed by atoms with van der Waals surface area (Å²) in [5.74, 6) is 0.265. The molecule has 110 valence electrons. The fourth-order valence-electron chi connectivity index (χ4n) is 3.71. The number of hydrogen-bond acceptors (Lipinski definition) is 3. The molecule has 1 atom stereocenters. The van der Waals surface area contributed by atoms with E-state index in [0.717, 1.165) is 43.9 Å². The van der Waals surface area contributed by atoms with Crippen molar-refractivity contribution in [3.05, 3.63) is 21.9 Å². The summed E-state index contributed by atoms with van der Waals surface area (Å²) in [6.07, 6.45) is 5.90. The smallest absolute Gasteiger partial charge is 0.264 e. The molecule has 1 N–H and O–H groups in total. The topological polar surface area (TPSA) is 32.3 Å². The van der Waals surface area contributed by atoms with Gasteiger partial charge >= 0.3 is 0 Å². The zero-order valence-corrected chi connectivity index (χ0v) is 13.1. The van der Waals surface area contributed by atoms with Crippen molar-refractivity contribution in [2.45, 2.75) is 39.0 Å². The highest BCUT2D eigenvalue weighted by molar-refractivity contribution is 7.12. The lowest BCUT2D eigenvalue weighted by molar-refractivity contribution is 0.0437. The second kappa shape index (κ2) is 5.86. The van der Waals surface area contributed by atoms with Crippen LogP contribution in [0.2, 0.25) is 0 Å². The highest BCUT2D eigenvalue weighted by atomic mass is 32.1. The summed E-state index contributed by atoms with van der Waals surface area (Å²) >= 11 is 1.60. The zero-order chi connectivity index (χ0) is 14.0. The van der Waals surface area contributed by atoms with Gasteiger partial charge in [0.05, 0.1) is 4.88 Å². The molecule has 3 rings (SSSR count). The van der Waals surface area contributed by atoms with Crippen LogP contribution in [0.1, 0.15) is 47.8 Å². The van der Waals surface area contributed by atoms with E-state index in [1.54, 1.807) is 11.3 Å². The molecule has 1 aromatic heterocycles. The fraction of sp³-hybridized carbons (Fsp3) is 0.688. The van der Waals surface area contributed by atoms with Crippen LogP contribution < -0.4 is 5.32 Å². The maximum Gasteiger partial charge on any atom is 0.264 e. The number of nitrogens with zero attached hydrogens (tertiary/aromatic N) is 1. The third kappa shape index (κ3) is 2.63. The number of hydrogen-bond donors (Lipinski definition) is 1. The molecule has 0 aliphatic carbocycles. The Labute approximate surface area is 125 Å². The molecule has 1 aromatic rings. The molecule has 0 bridgehead atoms. The Balaban J connectivity index is 1.75. The average molecular weight is 292 g/mol. The molecule has 1 spiro atoms. The monoisotopic (exact) mass is 292 g/mol. The Morgan fingerprint density at radius 1 is 1.45 bits per heavy atom. The zero-order valence-electron chi connectivity index (χ0n) is 12.3. The quantitative estimate of drug-likeness (QED) is 0.909. The van der Waals surface area contributed by atoms with Gasteiger partial charge in [0.25, 0.3) is 5.91 Å². The normalized spacial score (nSPS) is 26.9. The van der Waals surface area contributed by atoms with Crippen LogP contribution in [0.25, 0.3) is 0 Å². The number of amides is 1. The van der Waals surface area contributed by atoms with E-state index in [2.05, 4.69) is 23.2 Å². The Morgan fingerprint density at radius 3 is 3.05 bits per heavy atom. The van der Waals surface area contributed by atoms with Crippen molar-refractivity contribution in [2.75, 3.05) is 26.2 Å². The molecule has 2 fully saturated rings. The molecule has 0 aromatic carbocycles. The highest BCUT2D eigenvalue weighted by Crippen LogP contribution is 2.36. The fourth-order valence-corrected chi connectivity index (χ4v) is 4.67. The lowest BCUT2D eigenvalue weighted by Crippen LogP contribution is -2.52. The second-order valence-corrected chi connectivity index (χ2v) is 7.16. The molecule has 2 aliphatic rings. The first-order chi connectivity index (χ1) is 9.74. The van der Waals surface area contributed by atoms with E-state index in [-0.39, 0.29) is 5.91 Å². The number of likely N-dealkylation sites (tertiary alicyclic amines) is 1. The summed E-state index contributed by atoms with van der Waals surface area (Å²) in [5, 5.41) is 5.58. The van der Waals surface area contributed by atoms with E-state index in [9.17, 15) is 4.79 Å². The van der Waals surface area contributed by atoms with Crippen molar-refractivity contribution >= 4 is 17.2 Å². The number of carbonyl (C=O) groups is 1. The van der Waals surface area contributed by atoms with Gasteiger partial charge < -0.3 is 10.2 Å². The number of nitrogens with one attached hydrogen (secondary N) is 1. The Hall–Kier alpha value is -0.870. The predicted octanol–water partition coefficient (Wildman–Crippen LogP) is 2.92. The van der Waals surface area contributed by atoms with Gasteiger partial charge in [-0.05, 0) is 55.7 Å². The number of aryl methyl sites for hydroxylation is 1. The molecule has 4 heteroatoms. The van der Waals surface area contributed by atoms with Crippen LogP contribution in [0, 0.1) is 5.41 Å². The van der Waals surface area contributed by atoms with Gasteiger partial charge in [-0.3, -0.25) is 4.79 Å². The van der Waals surface area contributed by atoms with Crippen molar-refractivity contribution in [1.29, 1.82) is 0 Å².